The van der Waals surface area contributed by atoms with Crippen LogP contribution in [0.3, 0.4) is 0 Å². The van der Waals surface area contributed by atoms with Crippen LogP contribution in [-0.4, -0.2) is 49.9 Å². The molecule has 2 atom stereocenters. The van der Waals surface area contributed by atoms with E-state index in [0.717, 1.165) is 6.42 Å². The van der Waals surface area contributed by atoms with Crippen molar-refractivity contribution in [2.24, 2.45) is 5.92 Å². The average molecular weight is 520 g/mol. The molecule has 4 N–H and O–H groups in total. The standard InChI is InChI=1S/C27H35ClFN3O4/c1-30-22(14-18-6-3-2-4-7-18)17-32-26(33)20-10-11-24(29)23(16-20)25(36-13-12-31-27(34)35)19-8-5-9-21(28)15-19/h5,8-11,15-16,18,22,25,30-31H,2-4,6-7,12-14,17H2,1H3,(H,32,33)(H,34,35). The smallest absolute Gasteiger partial charge is 0.404 e. The van der Waals surface area contributed by atoms with E-state index in [-0.39, 0.29) is 30.7 Å². The van der Waals surface area contributed by atoms with Crippen LogP contribution in [0.2, 0.25) is 5.02 Å². The van der Waals surface area contributed by atoms with Crippen molar-refractivity contribution in [2.75, 3.05) is 26.7 Å². The van der Waals surface area contributed by atoms with E-state index in [2.05, 4.69) is 16.0 Å². The quantitative estimate of drug-likeness (QED) is 0.291. The van der Waals surface area contributed by atoms with Crippen LogP contribution in [0, 0.1) is 11.7 Å². The summed E-state index contributed by atoms with van der Waals surface area (Å²) in [5.41, 5.74) is 1.09. The Morgan fingerprint density at radius 3 is 2.61 bits per heavy atom. The number of rotatable bonds is 12. The number of carbonyl (C=O) groups is 2. The Hall–Kier alpha value is -2.68. The van der Waals surface area contributed by atoms with Gasteiger partial charge in [-0.15, -0.1) is 0 Å². The van der Waals surface area contributed by atoms with Crippen molar-refractivity contribution in [1.29, 1.82) is 0 Å². The van der Waals surface area contributed by atoms with Crippen LogP contribution in [0.4, 0.5) is 9.18 Å². The first kappa shape index (κ1) is 27.9. The van der Waals surface area contributed by atoms with Crippen molar-refractivity contribution >= 4 is 23.6 Å². The van der Waals surface area contributed by atoms with Gasteiger partial charge in [-0.05, 0) is 55.3 Å². The summed E-state index contributed by atoms with van der Waals surface area (Å²) < 4.78 is 20.8. The third-order valence-corrected chi connectivity index (χ3v) is 6.85. The molecular weight excluding hydrogens is 485 g/mol. The van der Waals surface area contributed by atoms with Crippen molar-refractivity contribution < 1.29 is 23.8 Å². The van der Waals surface area contributed by atoms with Gasteiger partial charge in [0.2, 0.25) is 0 Å². The number of halogens is 2. The average Bonchev–Trinajstić information content (AvgIpc) is 2.87. The summed E-state index contributed by atoms with van der Waals surface area (Å²) in [7, 11) is 1.90. The second-order valence-electron chi connectivity index (χ2n) is 9.21. The summed E-state index contributed by atoms with van der Waals surface area (Å²) in [6, 6.07) is 11.2. The monoisotopic (exact) mass is 519 g/mol. The number of benzene rings is 2. The van der Waals surface area contributed by atoms with Crippen molar-refractivity contribution in [1.82, 2.24) is 16.0 Å². The predicted octanol–water partition coefficient (Wildman–Crippen LogP) is 5.14. The van der Waals surface area contributed by atoms with E-state index < -0.39 is 18.0 Å². The highest BCUT2D eigenvalue weighted by atomic mass is 35.5. The summed E-state index contributed by atoms with van der Waals surface area (Å²) in [6.45, 7) is 0.512. The number of ether oxygens (including phenoxy) is 1. The molecule has 2 amide bonds. The number of likely N-dealkylation sites (N-methyl/N-ethyl adjacent to an activating group) is 1. The molecule has 0 spiro atoms. The first-order valence-corrected chi connectivity index (χ1v) is 12.8. The Morgan fingerprint density at radius 2 is 1.92 bits per heavy atom. The summed E-state index contributed by atoms with van der Waals surface area (Å²) in [6.07, 6.45) is 5.29. The summed E-state index contributed by atoms with van der Waals surface area (Å²) in [5.74, 6) is -0.151. The minimum atomic E-state index is -1.17. The van der Waals surface area contributed by atoms with Crippen molar-refractivity contribution in [2.45, 2.75) is 50.7 Å². The molecule has 1 aliphatic rings. The molecule has 36 heavy (non-hydrogen) atoms. The molecule has 1 saturated carbocycles. The highest BCUT2D eigenvalue weighted by Crippen LogP contribution is 2.31. The molecule has 2 unspecified atom stereocenters. The normalized spacial score (nSPS) is 15.8. The van der Waals surface area contributed by atoms with Crippen LogP contribution < -0.4 is 16.0 Å². The minimum Gasteiger partial charge on any atom is -0.465 e. The van der Waals surface area contributed by atoms with E-state index in [4.69, 9.17) is 21.4 Å². The molecule has 0 radical (unpaired) electrons. The van der Waals surface area contributed by atoms with Crippen LogP contribution in [0.25, 0.3) is 0 Å². The van der Waals surface area contributed by atoms with Gasteiger partial charge >= 0.3 is 6.09 Å². The van der Waals surface area contributed by atoms with Crippen LogP contribution in [0.1, 0.15) is 66.1 Å². The lowest BCUT2D eigenvalue weighted by Gasteiger charge is -2.26. The summed E-state index contributed by atoms with van der Waals surface area (Å²) in [4.78, 5) is 23.7. The van der Waals surface area contributed by atoms with Gasteiger partial charge in [-0.1, -0.05) is 55.8 Å². The molecule has 1 fully saturated rings. The first-order valence-electron chi connectivity index (χ1n) is 12.5. The maximum atomic E-state index is 15.0. The number of hydrogen-bond donors (Lipinski definition) is 4. The Balaban J connectivity index is 1.72. The Labute approximate surface area is 216 Å². The zero-order valence-corrected chi connectivity index (χ0v) is 21.3. The maximum absolute atomic E-state index is 15.0. The second kappa shape index (κ2) is 14.2. The Morgan fingerprint density at radius 1 is 1.14 bits per heavy atom. The van der Waals surface area contributed by atoms with Gasteiger partial charge < -0.3 is 25.8 Å². The fourth-order valence-electron chi connectivity index (χ4n) is 4.70. The molecule has 196 valence electrons. The van der Waals surface area contributed by atoms with Crippen molar-refractivity contribution in [3.05, 3.63) is 70.0 Å². The number of hydrogen-bond acceptors (Lipinski definition) is 4. The Kier molecular flexibility index (Phi) is 11.0. The van der Waals surface area contributed by atoms with E-state index in [1.165, 1.54) is 50.3 Å². The zero-order valence-electron chi connectivity index (χ0n) is 20.6. The van der Waals surface area contributed by atoms with Gasteiger partial charge in [0.25, 0.3) is 5.91 Å². The minimum absolute atomic E-state index is 0.00433. The van der Waals surface area contributed by atoms with Crippen LogP contribution >= 0.6 is 11.6 Å². The molecule has 2 aromatic carbocycles. The van der Waals surface area contributed by atoms with Crippen molar-refractivity contribution in [3.8, 4) is 0 Å². The third-order valence-electron chi connectivity index (χ3n) is 6.61. The SMILES string of the molecule is CNC(CNC(=O)c1ccc(F)c(C(OCCNC(=O)O)c2cccc(Cl)c2)c1)CC1CCCCC1. The lowest BCUT2D eigenvalue weighted by molar-refractivity contribution is 0.0789. The van der Waals surface area contributed by atoms with Gasteiger partial charge in [-0.3, -0.25) is 4.79 Å². The van der Waals surface area contributed by atoms with Gasteiger partial charge in [-0.2, -0.15) is 0 Å². The first-order chi connectivity index (χ1) is 17.4. The summed E-state index contributed by atoms with van der Waals surface area (Å²) in [5, 5.41) is 17.8. The Bertz CT molecular complexity index is 1020. The second-order valence-corrected chi connectivity index (χ2v) is 9.65. The number of carbonyl (C=O) groups excluding carboxylic acids is 1. The van der Waals surface area contributed by atoms with Gasteiger partial charge in [0, 0.05) is 35.3 Å². The lowest BCUT2D eigenvalue weighted by atomic mass is 9.85. The largest absolute Gasteiger partial charge is 0.465 e. The van der Waals surface area contributed by atoms with E-state index in [1.54, 1.807) is 24.3 Å². The van der Waals surface area contributed by atoms with Crippen LogP contribution in [0.5, 0.6) is 0 Å². The zero-order chi connectivity index (χ0) is 25.9. The lowest BCUT2D eigenvalue weighted by Crippen LogP contribution is -2.40. The molecule has 0 aromatic heterocycles. The van der Waals surface area contributed by atoms with Gasteiger partial charge in [0.1, 0.15) is 11.9 Å². The molecule has 0 saturated heterocycles. The molecule has 2 aromatic rings. The molecule has 7 nitrogen and oxygen atoms in total. The number of carboxylic acid groups (broad SMARTS) is 1. The van der Waals surface area contributed by atoms with E-state index in [0.29, 0.717) is 28.6 Å². The van der Waals surface area contributed by atoms with Gasteiger partial charge in [0.15, 0.2) is 0 Å². The molecule has 1 aliphatic carbocycles. The number of amides is 2. The molecule has 9 heteroatoms. The summed E-state index contributed by atoms with van der Waals surface area (Å²) >= 11 is 6.15. The fraction of sp³-hybridized carbons (Fsp3) is 0.481. The highest BCUT2D eigenvalue weighted by Gasteiger charge is 2.22. The van der Waals surface area contributed by atoms with Crippen LogP contribution in [0.15, 0.2) is 42.5 Å². The molecule has 0 aliphatic heterocycles. The van der Waals surface area contributed by atoms with E-state index in [9.17, 15) is 14.0 Å². The van der Waals surface area contributed by atoms with E-state index in [1.807, 2.05) is 7.05 Å². The van der Waals surface area contributed by atoms with Crippen molar-refractivity contribution in [3.63, 3.8) is 0 Å². The van der Waals surface area contributed by atoms with Gasteiger partial charge in [-0.25, -0.2) is 9.18 Å². The topological polar surface area (TPSA) is 99.7 Å². The van der Waals surface area contributed by atoms with Gasteiger partial charge in [0.05, 0.1) is 6.61 Å². The molecule has 3 rings (SSSR count). The van der Waals surface area contributed by atoms with Crippen LogP contribution in [-0.2, 0) is 4.74 Å². The fourth-order valence-corrected chi connectivity index (χ4v) is 4.90. The predicted molar refractivity (Wildman–Crippen MR) is 138 cm³/mol. The molecule has 0 bridgehead atoms. The third kappa shape index (κ3) is 8.47. The highest BCUT2D eigenvalue weighted by molar-refractivity contribution is 6.30. The maximum Gasteiger partial charge on any atom is 0.404 e. The molecule has 0 heterocycles. The molecular formula is C27H35ClFN3O4. The van der Waals surface area contributed by atoms with E-state index >= 15 is 0 Å². The number of nitrogens with one attached hydrogen (secondary N) is 3.